The Morgan fingerprint density at radius 1 is 1.33 bits per heavy atom. The molecule has 0 amide bonds. The molecule has 4 heteroatoms. The molecular formula is C14H26N2O2. The minimum absolute atomic E-state index is 0.213. The zero-order valence-electron chi connectivity index (χ0n) is 11.8. The lowest BCUT2D eigenvalue weighted by molar-refractivity contribution is -0.137. The van der Waals surface area contributed by atoms with Crippen LogP contribution in [0.4, 0.5) is 0 Å². The van der Waals surface area contributed by atoms with Crippen molar-refractivity contribution in [3.05, 3.63) is 0 Å². The van der Waals surface area contributed by atoms with E-state index in [4.69, 9.17) is 9.47 Å². The maximum absolute atomic E-state index is 5.82. The second-order valence-electron chi connectivity index (χ2n) is 6.57. The van der Waals surface area contributed by atoms with E-state index >= 15 is 0 Å². The zero-order chi connectivity index (χ0) is 12.8. The standard InChI is InChI=1S/C14H26N2O2/c1-10-6-11(8-16(10)12-4-5-12)15-7-13-9-17-14(2,3)18-13/h10-13,15H,4-9H2,1-3H3. The normalized spacial score (nSPS) is 40.5. The Hall–Kier alpha value is -0.160. The number of hydrogen-bond acceptors (Lipinski definition) is 4. The quantitative estimate of drug-likeness (QED) is 0.821. The van der Waals surface area contributed by atoms with Crippen molar-refractivity contribution >= 4 is 0 Å². The van der Waals surface area contributed by atoms with Crippen molar-refractivity contribution in [1.29, 1.82) is 0 Å². The third kappa shape index (κ3) is 2.87. The maximum Gasteiger partial charge on any atom is 0.163 e. The van der Waals surface area contributed by atoms with Crippen LogP contribution in [-0.2, 0) is 9.47 Å². The summed E-state index contributed by atoms with van der Waals surface area (Å²) < 4.78 is 11.4. The van der Waals surface area contributed by atoms with Crippen LogP contribution in [-0.4, -0.2) is 54.6 Å². The molecule has 0 bridgehead atoms. The smallest absolute Gasteiger partial charge is 0.163 e. The Morgan fingerprint density at radius 3 is 2.72 bits per heavy atom. The molecule has 0 aromatic rings. The highest BCUT2D eigenvalue weighted by Gasteiger charge is 2.39. The summed E-state index contributed by atoms with van der Waals surface area (Å²) in [6, 6.07) is 2.26. The van der Waals surface area contributed by atoms with Crippen LogP contribution in [0.2, 0.25) is 0 Å². The van der Waals surface area contributed by atoms with Crippen LogP contribution in [0.3, 0.4) is 0 Å². The summed E-state index contributed by atoms with van der Waals surface area (Å²) >= 11 is 0. The predicted octanol–water partition coefficient (Wildman–Crippen LogP) is 1.35. The Labute approximate surface area is 110 Å². The van der Waals surface area contributed by atoms with E-state index in [1.807, 2.05) is 13.8 Å². The molecule has 1 N–H and O–H groups in total. The number of nitrogens with zero attached hydrogens (tertiary/aromatic N) is 1. The minimum Gasteiger partial charge on any atom is -0.348 e. The first-order valence-electron chi connectivity index (χ1n) is 7.34. The van der Waals surface area contributed by atoms with Gasteiger partial charge in [0.1, 0.15) is 0 Å². The molecule has 0 aromatic heterocycles. The van der Waals surface area contributed by atoms with Gasteiger partial charge in [-0.05, 0) is 40.0 Å². The summed E-state index contributed by atoms with van der Waals surface area (Å²) in [4.78, 5) is 2.67. The van der Waals surface area contributed by atoms with Gasteiger partial charge in [-0.25, -0.2) is 0 Å². The molecule has 3 rings (SSSR count). The minimum atomic E-state index is -0.393. The predicted molar refractivity (Wildman–Crippen MR) is 70.5 cm³/mol. The van der Waals surface area contributed by atoms with Gasteiger partial charge in [0.05, 0.1) is 12.7 Å². The highest BCUT2D eigenvalue weighted by Crippen LogP contribution is 2.33. The van der Waals surface area contributed by atoms with Crippen LogP contribution in [0, 0.1) is 0 Å². The monoisotopic (exact) mass is 254 g/mol. The van der Waals surface area contributed by atoms with Gasteiger partial charge in [0, 0.05) is 31.2 Å². The van der Waals surface area contributed by atoms with E-state index in [1.54, 1.807) is 0 Å². The third-order valence-electron chi connectivity index (χ3n) is 4.34. The van der Waals surface area contributed by atoms with E-state index < -0.39 is 5.79 Å². The van der Waals surface area contributed by atoms with Crippen molar-refractivity contribution in [2.75, 3.05) is 19.7 Å². The molecule has 18 heavy (non-hydrogen) atoms. The summed E-state index contributed by atoms with van der Waals surface area (Å²) in [5.74, 6) is -0.393. The molecule has 2 aliphatic heterocycles. The second-order valence-corrected chi connectivity index (χ2v) is 6.57. The van der Waals surface area contributed by atoms with Gasteiger partial charge >= 0.3 is 0 Å². The van der Waals surface area contributed by atoms with Crippen LogP contribution < -0.4 is 5.32 Å². The van der Waals surface area contributed by atoms with Crippen LogP contribution in [0.1, 0.15) is 40.0 Å². The topological polar surface area (TPSA) is 33.7 Å². The van der Waals surface area contributed by atoms with E-state index in [9.17, 15) is 0 Å². The van der Waals surface area contributed by atoms with E-state index in [0.29, 0.717) is 12.6 Å². The summed E-state index contributed by atoms with van der Waals surface area (Å²) in [5.41, 5.74) is 0. The SMILES string of the molecule is CC1CC(NCC2COC(C)(C)O2)CN1C1CC1. The molecular weight excluding hydrogens is 228 g/mol. The van der Waals surface area contributed by atoms with Gasteiger partial charge in [-0.1, -0.05) is 0 Å². The Morgan fingerprint density at radius 2 is 2.11 bits per heavy atom. The molecule has 3 aliphatic rings. The number of ether oxygens (including phenoxy) is 2. The largest absolute Gasteiger partial charge is 0.348 e. The maximum atomic E-state index is 5.82. The van der Waals surface area contributed by atoms with Crippen molar-refractivity contribution in [3.8, 4) is 0 Å². The molecule has 1 saturated carbocycles. The molecule has 2 heterocycles. The summed E-state index contributed by atoms with van der Waals surface area (Å²) in [5, 5.41) is 3.66. The van der Waals surface area contributed by atoms with Gasteiger partial charge in [0.15, 0.2) is 5.79 Å². The lowest BCUT2D eigenvalue weighted by Crippen LogP contribution is -2.39. The molecule has 0 aromatic carbocycles. The third-order valence-corrected chi connectivity index (χ3v) is 4.34. The lowest BCUT2D eigenvalue weighted by atomic mass is 10.2. The van der Waals surface area contributed by atoms with Crippen LogP contribution >= 0.6 is 0 Å². The molecule has 1 aliphatic carbocycles. The number of nitrogens with one attached hydrogen (secondary N) is 1. The van der Waals surface area contributed by atoms with Gasteiger partial charge in [-0.3, -0.25) is 4.90 Å². The molecule has 2 saturated heterocycles. The molecule has 104 valence electrons. The lowest BCUT2D eigenvalue weighted by Gasteiger charge is -2.20. The summed E-state index contributed by atoms with van der Waals surface area (Å²) in [6.45, 7) is 9.17. The molecule has 3 atom stereocenters. The number of likely N-dealkylation sites (tertiary alicyclic amines) is 1. The van der Waals surface area contributed by atoms with Gasteiger partial charge < -0.3 is 14.8 Å². The highest BCUT2D eigenvalue weighted by atomic mass is 16.7. The molecule has 0 spiro atoms. The zero-order valence-corrected chi connectivity index (χ0v) is 11.8. The van der Waals surface area contributed by atoms with Gasteiger partial charge in [0.25, 0.3) is 0 Å². The number of hydrogen-bond donors (Lipinski definition) is 1. The Bertz CT molecular complexity index is 304. The van der Waals surface area contributed by atoms with E-state index in [-0.39, 0.29) is 6.10 Å². The number of rotatable bonds is 4. The van der Waals surface area contributed by atoms with Crippen molar-refractivity contribution in [2.45, 2.75) is 70.1 Å². The first-order chi connectivity index (χ1) is 8.53. The van der Waals surface area contributed by atoms with Gasteiger partial charge in [-0.2, -0.15) is 0 Å². The molecule has 4 nitrogen and oxygen atoms in total. The fourth-order valence-corrected chi connectivity index (χ4v) is 3.28. The van der Waals surface area contributed by atoms with E-state index in [1.165, 1.54) is 25.8 Å². The van der Waals surface area contributed by atoms with Crippen molar-refractivity contribution in [2.24, 2.45) is 0 Å². The first-order valence-corrected chi connectivity index (χ1v) is 7.34. The van der Waals surface area contributed by atoms with E-state index in [2.05, 4.69) is 17.1 Å². The molecule has 3 unspecified atom stereocenters. The first kappa shape index (κ1) is 12.9. The summed E-state index contributed by atoms with van der Waals surface area (Å²) in [6.07, 6.45) is 4.30. The van der Waals surface area contributed by atoms with Crippen molar-refractivity contribution in [3.63, 3.8) is 0 Å². The van der Waals surface area contributed by atoms with Crippen LogP contribution in [0.25, 0.3) is 0 Å². The Kier molecular flexibility index (Phi) is 3.39. The van der Waals surface area contributed by atoms with Crippen molar-refractivity contribution < 1.29 is 9.47 Å². The molecule has 3 fully saturated rings. The van der Waals surface area contributed by atoms with Crippen molar-refractivity contribution in [1.82, 2.24) is 10.2 Å². The summed E-state index contributed by atoms with van der Waals surface area (Å²) in [7, 11) is 0. The average molecular weight is 254 g/mol. The fourth-order valence-electron chi connectivity index (χ4n) is 3.28. The highest BCUT2D eigenvalue weighted by molar-refractivity contribution is 4.96. The Balaban J connectivity index is 1.41. The van der Waals surface area contributed by atoms with Crippen LogP contribution in [0.15, 0.2) is 0 Å². The van der Waals surface area contributed by atoms with Crippen LogP contribution in [0.5, 0.6) is 0 Å². The van der Waals surface area contributed by atoms with Gasteiger partial charge in [0.2, 0.25) is 0 Å². The average Bonchev–Trinajstić information content (AvgIpc) is 2.99. The van der Waals surface area contributed by atoms with E-state index in [0.717, 1.165) is 18.6 Å². The fraction of sp³-hybridized carbons (Fsp3) is 1.00. The molecule has 0 radical (unpaired) electrons. The van der Waals surface area contributed by atoms with Gasteiger partial charge in [-0.15, -0.1) is 0 Å². The second kappa shape index (κ2) is 4.75.